The summed E-state index contributed by atoms with van der Waals surface area (Å²) >= 11 is 1.46. The van der Waals surface area contributed by atoms with Crippen molar-refractivity contribution in [2.45, 2.75) is 52.0 Å². The summed E-state index contributed by atoms with van der Waals surface area (Å²) in [4.78, 5) is 30.2. The summed E-state index contributed by atoms with van der Waals surface area (Å²) in [6.45, 7) is 2.32. The van der Waals surface area contributed by atoms with Crippen LogP contribution in [-0.2, 0) is 28.9 Å². The van der Waals surface area contributed by atoms with Gasteiger partial charge in [-0.05, 0) is 48.8 Å². The van der Waals surface area contributed by atoms with Crippen molar-refractivity contribution < 1.29 is 9.53 Å². The number of thiophene rings is 1. The number of aromatic nitrogens is 2. The van der Waals surface area contributed by atoms with Gasteiger partial charge >= 0.3 is 5.97 Å². The zero-order chi connectivity index (χ0) is 19.5. The molecule has 0 fully saturated rings. The van der Waals surface area contributed by atoms with Gasteiger partial charge in [-0.1, -0.05) is 31.5 Å². The number of fused-ring (bicyclic) bond motifs is 2. The third-order valence-electron chi connectivity index (χ3n) is 5.28. The van der Waals surface area contributed by atoms with Gasteiger partial charge in [0.15, 0.2) is 0 Å². The fourth-order valence-corrected chi connectivity index (χ4v) is 4.62. The largest absolute Gasteiger partial charge is 0.464 e. The molecular formula is C22H24N2O3S. The maximum absolute atomic E-state index is 13.1. The molecule has 5 nitrogen and oxygen atoms in total. The van der Waals surface area contributed by atoms with Gasteiger partial charge in [0.05, 0.1) is 18.3 Å². The molecule has 0 atom stereocenters. The lowest BCUT2D eigenvalue weighted by molar-refractivity contribution is -0.144. The maximum atomic E-state index is 13.1. The van der Waals surface area contributed by atoms with E-state index < -0.39 is 5.97 Å². The van der Waals surface area contributed by atoms with Crippen LogP contribution in [0.4, 0.5) is 0 Å². The lowest BCUT2D eigenvalue weighted by atomic mass is 9.89. The molecule has 6 heteroatoms. The Balaban J connectivity index is 1.67. The smallest absolute Gasteiger partial charge is 0.326 e. The van der Waals surface area contributed by atoms with Crippen LogP contribution in [0.25, 0.3) is 21.3 Å². The van der Waals surface area contributed by atoms with Crippen molar-refractivity contribution in [2.24, 2.45) is 0 Å². The van der Waals surface area contributed by atoms with Gasteiger partial charge in [-0.15, -0.1) is 11.3 Å². The Morgan fingerprint density at radius 3 is 2.89 bits per heavy atom. The van der Waals surface area contributed by atoms with Crippen molar-refractivity contribution in [1.82, 2.24) is 9.55 Å². The van der Waals surface area contributed by atoms with E-state index in [2.05, 4.69) is 23.2 Å². The second kappa shape index (κ2) is 8.27. The van der Waals surface area contributed by atoms with E-state index in [1.54, 1.807) is 0 Å². The number of benzene rings is 1. The minimum Gasteiger partial charge on any atom is -0.464 e. The van der Waals surface area contributed by atoms with Crippen molar-refractivity contribution in [3.63, 3.8) is 0 Å². The summed E-state index contributed by atoms with van der Waals surface area (Å²) in [5.41, 5.74) is 4.56. The van der Waals surface area contributed by atoms with E-state index >= 15 is 0 Å². The number of ether oxygens (including phenoxy) is 1. The first-order valence-corrected chi connectivity index (χ1v) is 10.8. The molecule has 1 aliphatic rings. The first-order chi connectivity index (χ1) is 13.7. The second-order valence-corrected chi connectivity index (χ2v) is 8.13. The van der Waals surface area contributed by atoms with Gasteiger partial charge in [0.1, 0.15) is 11.4 Å². The van der Waals surface area contributed by atoms with Crippen LogP contribution in [0, 0.1) is 0 Å². The Bertz CT molecular complexity index is 1070. The highest BCUT2D eigenvalue weighted by atomic mass is 32.1. The quantitative estimate of drug-likeness (QED) is 0.459. The van der Waals surface area contributed by atoms with E-state index in [0.717, 1.165) is 36.8 Å². The predicted octanol–water partition coefficient (Wildman–Crippen LogP) is 4.35. The van der Waals surface area contributed by atoms with E-state index in [4.69, 9.17) is 4.74 Å². The summed E-state index contributed by atoms with van der Waals surface area (Å²) in [5, 5.41) is 2.58. The van der Waals surface area contributed by atoms with E-state index in [9.17, 15) is 9.59 Å². The molecule has 0 saturated heterocycles. The number of aryl methyl sites for hydroxylation is 2. The number of carbonyl (C=O) groups excluding carboxylic acids is 1. The molecule has 2 heterocycles. The number of carbonyl (C=O) groups is 1. The van der Waals surface area contributed by atoms with Crippen LogP contribution in [0.2, 0.25) is 0 Å². The molecule has 0 spiro atoms. The van der Waals surface area contributed by atoms with Crippen LogP contribution >= 0.6 is 11.3 Å². The van der Waals surface area contributed by atoms with Gasteiger partial charge in [-0.3, -0.25) is 14.2 Å². The fraction of sp³-hybridized carbons (Fsp3) is 0.409. The highest BCUT2D eigenvalue weighted by Crippen LogP contribution is 2.33. The molecule has 146 valence electrons. The molecule has 3 aromatic rings. The molecule has 1 aliphatic carbocycles. The Morgan fingerprint density at radius 1 is 1.25 bits per heavy atom. The van der Waals surface area contributed by atoms with Crippen LogP contribution in [0.3, 0.4) is 0 Å². The van der Waals surface area contributed by atoms with Crippen LogP contribution in [0.15, 0.2) is 34.7 Å². The fourth-order valence-electron chi connectivity index (χ4n) is 3.71. The van der Waals surface area contributed by atoms with Crippen molar-refractivity contribution in [2.75, 3.05) is 6.61 Å². The minimum absolute atomic E-state index is 0.106. The molecular weight excluding hydrogens is 372 g/mol. The van der Waals surface area contributed by atoms with E-state index in [0.29, 0.717) is 16.8 Å². The van der Waals surface area contributed by atoms with Crippen molar-refractivity contribution in [3.05, 3.63) is 51.4 Å². The highest BCUT2D eigenvalue weighted by Gasteiger charge is 2.17. The van der Waals surface area contributed by atoms with Crippen LogP contribution in [-0.4, -0.2) is 22.1 Å². The maximum Gasteiger partial charge on any atom is 0.326 e. The molecule has 1 aromatic carbocycles. The van der Waals surface area contributed by atoms with E-state index in [1.165, 1.54) is 46.2 Å². The molecule has 0 unspecified atom stereocenters. The average Bonchev–Trinajstić information content (AvgIpc) is 3.15. The Morgan fingerprint density at radius 2 is 2.07 bits per heavy atom. The number of unbranched alkanes of at least 4 members (excludes halogenated alkanes) is 1. The second-order valence-electron chi connectivity index (χ2n) is 7.27. The molecule has 0 bridgehead atoms. The normalized spacial score (nSPS) is 13.5. The zero-order valence-corrected chi connectivity index (χ0v) is 16.9. The molecule has 28 heavy (non-hydrogen) atoms. The lowest BCUT2D eigenvalue weighted by Crippen LogP contribution is -2.25. The predicted molar refractivity (Wildman–Crippen MR) is 112 cm³/mol. The molecule has 0 amide bonds. The van der Waals surface area contributed by atoms with Crippen LogP contribution in [0.1, 0.15) is 43.7 Å². The number of hydrogen-bond acceptors (Lipinski definition) is 5. The summed E-state index contributed by atoms with van der Waals surface area (Å²) in [6, 6.07) is 6.50. The molecule has 4 rings (SSSR count). The van der Waals surface area contributed by atoms with Crippen LogP contribution < -0.4 is 5.56 Å². The number of hydrogen-bond donors (Lipinski definition) is 0. The van der Waals surface area contributed by atoms with E-state index in [-0.39, 0.29) is 12.1 Å². The number of esters is 1. The Kier molecular flexibility index (Phi) is 5.57. The lowest BCUT2D eigenvalue weighted by Gasteiger charge is -2.16. The molecule has 0 N–H and O–H groups in total. The molecule has 2 aromatic heterocycles. The summed E-state index contributed by atoms with van der Waals surface area (Å²) < 4.78 is 6.54. The third-order valence-corrected chi connectivity index (χ3v) is 6.17. The summed E-state index contributed by atoms with van der Waals surface area (Å²) in [5.74, 6) is -0.401. The summed E-state index contributed by atoms with van der Waals surface area (Å²) in [7, 11) is 0. The molecule has 0 saturated carbocycles. The third kappa shape index (κ3) is 3.74. The minimum atomic E-state index is -0.401. The van der Waals surface area contributed by atoms with Gasteiger partial charge in [0.2, 0.25) is 0 Å². The SMILES string of the molecule is CCCCOC(=O)Cn1cnc2scc(-c3ccc4c(c3)CCCC4)c2c1=O. The average molecular weight is 397 g/mol. The van der Waals surface area contributed by atoms with Gasteiger partial charge in [0, 0.05) is 10.9 Å². The highest BCUT2D eigenvalue weighted by molar-refractivity contribution is 7.17. The first-order valence-electron chi connectivity index (χ1n) is 9.92. The zero-order valence-electron chi connectivity index (χ0n) is 16.1. The number of nitrogens with zero attached hydrogens (tertiary/aromatic N) is 2. The van der Waals surface area contributed by atoms with E-state index in [1.807, 2.05) is 12.3 Å². The number of rotatable bonds is 6. The molecule has 0 radical (unpaired) electrons. The van der Waals surface area contributed by atoms with Gasteiger partial charge in [-0.2, -0.15) is 0 Å². The Hall–Kier alpha value is -2.47. The topological polar surface area (TPSA) is 61.2 Å². The standard InChI is InChI=1S/C22H24N2O3S/c1-2-3-10-27-19(25)12-24-14-23-21-20(22(24)26)18(13-28-21)17-9-8-15-6-4-5-7-16(15)11-17/h8-9,11,13-14H,2-7,10,12H2,1H3. The molecule has 0 aliphatic heterocycles. The van der Waals surface area contributed by atoms with Crippen molar-refractivity contribution in [3.8, 4) is 11.1 Å². The Labute approximate surface area is 168 Å². The van der Waals surface area contributed by atoms with Crippen molar-refractivity contribution >= 4 is 27.5 Å². The van der Waals surface area contributed by atoms with Gasteiger partial charge in [0.25, 0.3) is 5.56 Å². The van der Waals surface area contributed by atoms with Gasteiger partial charge < -0.3 is 4.74 Å². The summed E-state index contributed by atoms with van der Waals surface area (Å²) in [6.07, 6.45) is 7.92. The van der Waals surface area contributed by atoms with Crippen molar-refractivity contribution in [1.29, 1.82) is 0 Å². The monoisotopic (exact) mass is 396 g/mol. The van der Waals surface area contributed by atoms with Crippen LogP contribution in [0.5, 0.6) is 0 Å². The first kappa shape index (κ1) is 18.9. The van der Waals surface area contributed by atoms with Gasteiger partial charge in [-0.25, -0.2) is 4.98 Å².